The Hall–Kier alpha value is -2.79. The van der Waals surface area contributed by atoms with Gasteiger partial charge in [0.2, 0.25) is 5.91 Å². The lowest BCUT2D eigenvalue weighted by atomic mass is 9.86. The molecule has 1 fully saturated rings. The molecule has 1 aliphatic rings. The van der Waals surface area contributed by atoms with Gasteiger partial charge in [-0.25, -0.2) is 4.39 Å². The second-order valence-corrected chi connectivity index (χ2v) is 7.66. The van der Waals surface area contributed by atoms with Gasteiger partial charge >= 0.3 is 0 Å². The summed E-state index contributed by atoms with van der Waals surface area (Å²) in [5.74, 6) is -0.303. The smallest absolute Gasteiger partial charge is 0.222 e. The van der Waals surface area contributed by atoms with Gasteiger partial charge in [0, 0.05) is 36.7 Å². The molecule has 0 aliphatic carbocycles. The van der Waals surface area contributed by atoms with Crippen molar-refractivity contribution >= 4 is 16.8 Å². The number of aliphatic hydroxyl groups is 1. The predicted octanol–water partition coefficient (Wildman–Crippen LogP) is 4.72. The number of likely N-dealkylation sites (tertiary alicyclic amines) is 1. The SMILES string of the molecule is CCC(=O)N1CCC(C(O)c2ccc(-c3ccc4cccnc4c3)cc2F)CC1. The standard InChI is InChI=1S/C24H25FN2O2/c1-2-23(28)27-12-9-17(10-13-27)24(29)20-8-7-18(14-21(20)25)19-6-5-16-4-3-11-26-22(16)15-19/h3-8,11,14-15,17,24,29H,2,9-10,12-13H2,1H3. The van der Waals surface area contributed by atoms with Crippen LogP contribution < -0.4 is 0 Å². The largest absolute Gasteiger partial charge is 0.388 e. The fraction of sp³-hybridized carbons (Fsp3) is 0.333. The van der Waals surface area contributed by atoms with Crippen LogP contribution in [-0.2, 0) is 4.79 Å². The van der Waals surface area contributed by atoms with Crippen LogP contribution in [0.5, 0.6) is 0 Å². The maximum absolute atomic E-state index is 14.9. The number of carbonyl (C=O) groups is 1. The van der Waals surface area contributed by atoms with Crippen LogP contribution in [0.15, 0.2) is 54.7 Å². The first-order valence-electron chi connectivity index (χ1n) is 10.2. The van der Waals surface area contributed by atoms with Crippen LogP contribution in [0.4, 0.5) is 4.39 Å². The van der Waals surface area contributed by atoms with E-state index < -0.39 is 11.9 Å². The van der Waals surface area contributed by atoms with Crippen LogP contribution in [-0.4, -0.2) is 34.0 Å². The molecule has 1 aromatic heterocycles. The average molecular weight is 392 g/mol. The van der Waals surface area contributed by atoms with E-state index in [1.54, 1.807) is 12.3 Å². The van der Waals surface area contributed by atoms with Crippen LogP contribution >= 0.6 is 0 Å². The topological polar surface area (TPSA) is 53.4 Å². The predicted molar refractivity (Wildman–Crippen MR) is 112 cm³/mol. The summed E-state index contributed by atoms with van der Waals surface area (Å²) in [7, 11) is 0. The minimum absolute atomic E-state index is 0.0406. The van der Waals surface area contributed by atoms with E-state index in [1.165, 1.54) is 6.07 Å². The Morgan fingerprint density at radius 3 is 2.62 bits per heavy atom. The molecule has 3 aromatic rings. The van der Waals surface area contributed by atoms with Gasteiger partial charge in [-0.2, -0.15) is 0 Å². The highest BCUT2D eigenvalue weighted by molar-refractivity contribution is 5.84. The zero-order valence-electron chi connectivity index (χ0n) is 16.5. The molecular formula is C24H25FN2O2. The zero-order chi connectivity index (χ0) is 20.4. The van der Waals surface area contributed by atoms with Crippen molar-refractivity contribution in [3.63, 3.8) is 0 Å². The Kier molecular flexibility index (Phi) is 5.58. The Morgan fingerprint density at radius 1 is 1.17 bits per heavy atom. The first kappa shape index (κ1) is 19.5. The summed E-state index contributed by atoms with van der Waals surface area (Å²) in [6.07, 6.45) is 2.75. The summed E-state index contributed by atoms with van der Waals surface area (Å²) in [6, 6.07) is 14.8. The number of nitrogens with zero attached hydrogens (tertiary/aromatic N) is 2. The lowest BCUT2D eigenvalue weighted by molar-refractivity contribution is -0.132. The van der Waals surface area contributed by atoms with Crippen molar-refractivity contribution in [2.75, 3.05) is 13.1 Å². The van der Waals surface area contributed by atoms with Crippen LogP contribution in [0, 0.1) is 11.7 Å². The second kappa shape index (κ2) is 8.29. The number of rotatable bonds is 4. The highest BCUT2D eigenvalue weighted by atomic mass is 19.1. The third-order valence-electron chi connectivity index (χ3n) is 5.90. The van der Waals surface area contributed by atoms with Gasteiger partial charge in [0.25, 0.3) is 0 Å². The third kappa shape index (κ3) is 4.01. The quantitative estimate of drug-likeness (QED) is 0.699. The Labute approximate surface area is 170 Å². The fourth-order valence-electron chi connectivity index (χ4n) is 4.13. The summed E-state index contributed by atoms with van der Waals surface area (Å²) in [5, 5.41) is 11.8. The summed E-state index contributed by atoms with van der Waals surface area (Å²) in [6.45, 7) is 3.10. The number of carbonyl (C=O) groups excluding carboxylic acids is 1. The van der Waals surface area contributed by atoms with E-state index in [-0.39, 0.29) is 11.8 Å². The Bertz CT molecular complexity index is 1030. The molecule has 0 bridgehead atoms. The van der Waals surface area contributed by atoms with E-state index in [1.807, 2.05) is 48.2 Å². The van der Waals surface area contributed by atoms with Crippen LogP contribution in [0.2, 0.25) is 0 Å². The molecule has 1 N–H and O–H groups in total. The van der Waals surface area contributed by atoms with Crippen molar-refractivity contribution in [1.29, 1.82) is 0 Å². The second-order valence-electron chi connectivity index (χ2n) is 7.66. The molecule has 4 nitrogen and oxygen atoms in total. The van der Waals surface area contributed by atoms with Crippen LogP contribution in [0.25, 0.3) is 22.0 Å². The lowest BCUT2D eigenvalue weighted by Gasteiger charge is -2.34. The van der Waals surface area contributed by atoms with E-state index in [9.17, 15) is 14.3 Å². The number of halogens is 1. The van der Waals surface area contributed by atoms with Gasteiger partial charge in [0.1, 0.15) is 5.82 Å². The van der Waals surface area contributed by atoms with E-state index in [2.05, 4.69) is 4.98 Å². The molecule has 2 heterocycles. The highest BCUT2D eigenvalue weighted by Gasteiger charge is 2.29. The van der Waals surface area contributed by atoms with Gasteiger partial charge in [0.05, 0.1) is 11.6 Å². The van der Waals surface area contributed by atoms with Crippen molar-refractivity contribution in [3.8, 4) is 11.1 Å². The number of aliphatic hydroxyl groups excluding tert-OH is 1. The minimum Gasteiger partial charge on any atom is -0.388 e. The van der Waals surface area contributed by atoms with Gasteiger partial charge in [-0.05, 0) is 48.1 Å². The van der Waals surface area contributed by atoms with E-state index >= 15 is 0 Å². The molecule has 4 rings (SSSR count). The maximum atomic E-state index is 14.9. The minimum atomic E-state index is -0.860. The summed E-state index contributed by atoms with van der Waals surface area (Å²) in [4.78, 5) is 18.0. The maximum Gasteiger partial charge on any atom is 0.222 e. The number of amides is 1. The molecular weight excluding hydrogens is 367 g/mol. The monoisotopic (exact) mass is 392 g/mol. The first-order chi connectivity index (χ1) is 14.1. The molecule has 1 saturated heterocycles. The molecule has 150 valence electrons. The molecule has 1 amide bonds. The molecule has 1 aliphatic heterocycles. The van der Waals surface area contributed by atoms with Crippen molar-refractivity contribution in [2.45, 2.75) is 32.3 Å². The molecule has 29 heavy (non-hydrogen) atoms. The average Bonchev–Trinajstić information content (AvgIpc) is 2.77. The summed E-state index contributed by atoms with van der Waals surface area (Å²) < 4.78 is 14.9. The molecule has 2 aromatic carbocycles. The van der Waals surface area contributed by atoms with Crippen molar-refractivity contribution in [1.82, 2.24) is 9.88 Å². The van der Waals surface area contributed by atoms with Gasteiger partial charge in [0.15, 0.2) is 0 Å². The summed E-state index contributed by atoms with van der Waals surface area (Å²) >= 11 is 0. The molecule has 1 unspecified atom stereocenters. The van der Waals surface area contributed by atoms with Crippen molar-refractivity contribution in [2.24, 2.45) is 5.92 Å². The van der Waals surface area contributed by atoms with Crippen molar-refractivity contribution < 1.29 is 14.3 Å². The number of piperidine rings is 1. The first-order valence-corrected chi connectivity index (χ1v) is 10.2. The van der Waals surface area contributed by atoms with Crippen molar-refractivity contribution in [3.05, 3.63) is 66.1 Å². The Balaban J connectivity index is 1.51. The lowest BCUT2D eigenvalue weighted by Crippen LogP contribution is -2.39. The van der Waals surface area contributed by atoms with Gasteiger partial charge < -0.3 is 10.0 Å². The number of fused-ring (bicyclic) bond motifs is 1. The number of benzene rings is 2. The fourth-order valence-corrected chi connectivity index (χ4v) is 4.13. The van der Waals surface area contributed by atoms with E-state index in [4.69, 9.17) is 0 Å². The zero-order valence-corrected chi connectivity index (χ0v) is 16.5. The van der Waals surface area contributed by atoms with Gasteiger partial charge in [-0.3, -0.25) is 9.78 Å². The normalized spacial score (nSPS) is 16.2. The van der Waals surface area contributed by atoms with Crippen LogP contribution in [0.1, 0.15) is 37.9 Å². The van der Waals surface area contributed by atoms with E-state index in [0.717, 1.165) is 22.0 Å². The summed E-state index contributed by atoms with van der Waals surface area (Å²) in [5.41, 5.74) is 2.84. The third-order valence-corrected chi connectivity index (χ3v) is 5.90. The van der Waals surface area contributed by atoms with Gasteiger partial charge in [-0.1, -0.05) is 37.3 Å². The molecule has 0 saturated carbocycles. The van der Waals surface area contributed by atoms with Crippen LogP contribution in [0.3, 0.4) is 0 Å². The molecule has 1 atom stereocenters. The molecule has 0 radical (unpaired) electrons. The number of hydrogen-bond acceptors (Lipinski definition) is 3. The van der Waals surface area contributed by atoms with Gasteiger partial charge in [-0.15, -0.1) is 0 Å². The number of hydrogen-bond donors (Lipinski definition) is 1. The van der Waals surface area contributed by atoms with E-state index in [0.29, 0.717) is 37.9 Å². The number of aromatic nitrogens is 1. The molecule has 5 heteroatoms. The number of pyridine rings is 1. The highest BCUT2D eigenvalue weighted by Crippen LogP contribution is 2.34. The Morgan fingerprint density at radius 2 is 1.90 bits per heavy atom. The molecule has 0 spiro atoms.